The number of aliphatic hydroxyl groups excluding tert-OH is 2. The van der Waals surface area contributed by atoms with E-state index in [0.717, 1.165) is 6.08 Å². The van der Waals surface area contributed by atoms with Gasteiger partial charge in [0.25, 0.3) is 0 Å². The number of phenols is 5. The second-order valence-electron chi connectivity index (χ2n) is 9.67. The molecule has 0 saturated carbocycles. The molecule has 2 heterocycles. The Morgan fingerprint density at radius 3 is 2.37 bits per heavy atom. The van der Waals surface area contributed by atoms with Crippen LogP contribution < -0.4 is 9.47 Å². The fourth-order valence-electron chi connectivity index (χ4n) is 4.63. The molecule has 2 aliphatic heterocycles. The Morgan fingerprint density at radius 1 is 0.902 bits per heavy atom. The normalized spacial score (nSPS) is 23.9. The Morgan fingerprint density at radius 2 is 1.63 bits per heavy atom. The molecule has 7 N–H and O–H groups in total. The molecule has 3 aromatic carbocycles. The van der Waals surface area contributed by atoms with E-state index in [4.69, 9.17) is 18.9 Å². The van der Waals surface area contributed by atoms with Crippen LogP contribution in [-0.2, 0) is 20.7 Å². The molecule has 0 spiro atoms. The predicted molar refractivity (Wildman–Crippen MR) is 141 cm³/mol. The second kappa shape index (κ2) is 11.5. The lowest BCUT2D eigenvalue weighted by Gasteiger charge is -2.37. The number of phenolic OH excluding ortho intramolecular Hbond substituents is 5. The number of aromatic hydroxyl groups is 5. The predicted octanol–water partition coefficient (Wildman–Crippen LogP) is 2.36. The molecule has 1 fully saturated rings. The van der Waals surface area contributed by atoms with Crippen molar-refractivity contribution in [1.82, 2.24) is 0 Å². The summed E-state index contributed by atoms with van der Waals surface area (Å²) in [4.78, 5) is 12.6. The van der Waals surface area contributed by atoms with Gasteiger partial charge in [0.1, 0.15) is 35.6 Å². The zero-order valence-electron chi connectivity index (χ0n) is 21.5. The fourth-order valence-corrected chi connectivity index (χ4v) is 4.63. The third-order valence-electron chi connectivity index (χ3n) is 6.79. The van der Waals surface area contributed by atoms with Gasteiger partial charge in [0.15, 0.2) is 29.1 Å². The number of rotatable bonds is 6. The summed E-state index contributed by atoms with van der Waals surface area (Å²) >= 11 is 0. The summed E-state index contributed by atoms with van der Waals surface area (Å²) < 4.78 is 22.9. The third-order valence-corrected chi connectivity index (χ3v) is 6.79. The largest absolute Gasteiger partial charge is 0.508 e. The van der Waals surface area contributed by atoms with Crippen molar-refractivity contribution in [1.29, 1.82) is 0 Å². The van der Waals surface area contributed by atoms with Gasteiger partial charge in [-0.3, -0.25) is 0 Å². The van der Waals surface area contributed by atoms with Gasteiger partial charge in [0, 0.05) is 23.8 Å². The Labute approximate surface area is 233 Å². The molecular weight excluding hydrogens is 540 g/mol. The smallest absolute Gasteiger partial charge is 0.331 e. The van der Waals surface area contributed by atoms with E-state index < -0.39 is 36.7 Å². The van der Waals surface area contributed by atoms with Gasteiger partial charge in [-0.2, -0.15) is 0 Å². The van der Waals surface area contributed by atoms with Crippen molar-refractivity contribution in [2.45, 2.75) is 43.5 Å². The Bertz CT molecular complexity index is 1470. The molecule has 12 heteroatoms. The highest BCUT2D eigenvalue weighted by molar-refractivity contribution is 5.87. The maximum atomic E-state index is 12.6. The van der Waals surface area contributed by atoms with E-state index in [9.17, 15) is 40.5 Å². The van der Waals surface area contributed by atoms with E-state index in [1.165, 1.54) is 48.5 Å². The molecule has 0 aromatic heterocycles. The first-order valence-electron chi connectivity index (χ1n) is 12.7. The molecule has 216 valence electrons. The van der Waals surface area contributed by atoms with Crippen molar-refractivity contribution in [3.05, 3.63) is 71.3 Å². The van der Waals surface area contributed by atoms with Gasteiger partial charge in [-0.05, 0) is 54.3 Å². The molecule has 1 saturated heterocycles. The van der Waals surface area contributed by atoms with E-state index in [1.54, 1.807) is 6.07 Å². The standard InChI is InChI=1S/C29H28O12/c30-16-11-24-17(4-7-23(39-24)15-3-6-19(32)21(34)10-15)25(12-16)40-29-28(27(37)22(35)13-38-29)41-26(36)8-2-14-1-5-18(31)20(33)9-14/h1-3,5-6,8-12,22-23,27-35,37H,4,7,13H2/b8-2+/t22-,23+,27-,28-,29+/m1/s1. The quantitative estimate of drug-likeness (QED) is 0.130. The Hall–Kier alpha value is -4.65. The summed E-state index contributed by atoms with van der Waals surface area (Å²) in [5.41, 5.74) is 1.58. The number of aliphatic hydroxyl groups is 2. The lowest BCUT2D eigenvalue weighted by molar-refractivity contribution is -0.249. The van der Waals surface area contributed by atoms with Crippen LogP contribution in [-0.4, -0.2) is 72.9 Å². The summed E-state index contributed by atoms with van der Waals surface area (Å²) in [6.07, 6.45) is -3.00. The van der Waals surface area contributed by atoms with E-state index >= 15 is 0 Å². The summed E-state index contributed by atoms with van der Waals surface area (Å²) in [7, 11) is 0. The zero-order chi connectivity index (χ0) is 29.3. The van der Waals surface area contributed by atoms with E-state index in [1.807, 2.05) is 0 Å². The first kappa shape index (κ1) is 27.9. The second-order valence-corrected chi connectivity index (χ2v) is 9.67. The molecule has 2 aliphatic rings. The highest BCUT2D eigenvalue weighted by atomic mass is 16.7. The van der Waals surface area contributed by atoms with Crippen LogP contribution in [0.15, 0.2) is 54.6 Å². The number of carbonyl (C=O) groups excluding carboxylic acids is 1. The van der Waals surface area contributed by atoms with Crippen LogP contribution in [0.25, 0.3) is 6.08 Å². The van der Waals surface area contributed by atoms with Crippen LogP contribution in [0, 0.1) is 0 Å². The van der Waals surface area contributed by atoms with Crippen molar-refractivity contribution >= 4 is 12.0 Å². The molecule has 5 atom stereocenters. The minimum Gasteiger partial charge on any atom is -0.508 e. The van der Waals surface area contributed by atoms with Crippen molar-refractivity contribution in [2.24, 2.45) is 0 Å². The van der Waals surface area contributed by atoms with Gasteiger partial charge in [-0.15, -0.1) is 0 Å². The maximum Gasteiger partial charge on any atom is 0.331 e. The van der Waals surface area contributed by atoms with Crippen LogP contribution in [0.5, 0.6) is 40.2 Å². The molecule has 0 aliphatic carbocycles. The summed E-state index contributed by atoms with van der Waals surface area (Å²) in [6, 6.07) is 11.0. The average Bonchev–Trinajstić information content (AvgIpc) is 2.94. The van der Waals surface area contributed by atoms with Gasteiger partial charge in [-0.1, -0.05) is 12.1 Å². The molecule has 12 nitrogen and oxygen atoms in total. The molecule has 0 bridgehead atoms. The highest BCUT2D eigenvalue weighted by Crippen LogP contribution is 2.44. The lowest BCUT2D eigenvalue weighted by Crippen LogP contribution is -2.56. The van der Waals surface area contributed by atoms with Crippen LogP contribution >= 0.6 is 0 Å². The fraction of sp³-hybridized carbons (Fsp3) is 0.276. The number of esters is 1. The average molecular weight is 569 g/mol. The minimum atomic E-state index is -1.56. The van der Waals surface area contributed by atoms with E-state index in [-0.39, 0.29) is 41.1 Å². The molecule has 0 amide bonds. The van der Waals surface area contributed by atoms with Crippen molar-refractivity contribution in [3.8, 4) is 40.2 Å². The van der Waals surface area contributed by atoms with Crippen LogP contribution in [0.4, 0.5) is 0 Å². The lowest BCUT2D eigenvalue weighted by atomic mass is 9.96. The first-order valence-corrected chi connectivity index (χ1v) is 12.7. The molecule has 0 unspecified atom stereocenters. The van der Waals surface area contributed by atoms with Crippen molar-refractivity contribution in [2.75, 3.05) is 6.61 Å². The van der Waals surface area contributed by atoms with E-state index in [0.29, 0.717) is 35.3 Å². The van der Waals surface area contributed by atoms with Gasteiger partial charge >= 0.3 is 5.97 Å². The molecule has 5 rings (SSSR count). The summed E-state index contributed by atoms with van der Waals surface area (Å²) in [6.45, 7) is -0.313. The number of benzene rings is 3. The Kier molecular flexibility index (Phi) is 7.79. The number of carbonyl (C=O) groups is 1. The van der Waals surface area contributed by atoms with Gasteiger partial charge < -0.3 is 54.7 Å². The highest BCUT2D eigenvalue weighted by Gasteiger charge is 2.43. The Balaban J connectivity index is 1.33. The maximum absolute atomic E-state index is 12.6. The number of hydrogen-bond donors (Lipinski definition) is 7. The van der Waals surface area contributed by atoms with Gasteiger partial charge in [0.2, 0.25) is 6.29 Å². The number of fused-ring (bicyclic) bond motifs is 1. The number of hydrogen-bond acceptors (Lipinski definition) is 12. The molecular formula is C29H28O12. The molecule has 3 aromatic rings. The third kappa shape index (κ3) is 6.09. The zero-order valence-corrected chi connectivity index (χ0v) is 21.5. The molecule has 41 heavy (non-hydrogen) atoms. The summed E-state index contributed by atoms with van der Waals surface area (Å²) in [5, 5.41) is 69.6. The topological polar surface area (TPSA) is 196 Å². The SMILES string of the molecule is O=C(/C=C/c1ccc(O)c(O)c1)O[C@H]1[C@H](Oc2cc(O)cc3c2CC[C@@H](c2ccc(O)c(O)c2)O3)OC[C@@H](O)[C@H]1O. The van der Waals surface area contributed by atoms with Gasteiger partial charge in [0.05, 0.1) is 6.61 Å². The molecule has 0 radical (unpaired) electrons. The van der Waals surface area contributed by atoms with Gasteiger partial charge in [-0.25, -0.2) is 4.79 Å². The van der Waals surface area contributed by atoms with Crippen LogP contribution in [0.2, 0.25) is 0 Å². The van der Waals surface area contributed by atoms with Crippen molar-refractivity contribution in [3.63, 3.8) is 0 Å². The summed E-state index contributed by atoms with van der Waals surface area (Å²) in [5.74, 6) is -1.90. The minimum absolute atomic E-state index is 0.150. The monoisotopic (exact) mass is 568 g/mol. The number of ether oxygens (including phenoxy) is 4. The van der Waals surface area contributed by atoms with Crippen LogP contribution in [0.3, 0.4) is 0 Å². The van der Waals surface area contributed by atoms with Crippen LogP contribution in [0.1, 0.15) is 29.2 Å². The van der Waals surface area contributed by atoms with Crippen molar-refractivity contribution < 1.29 is 59.5 Å². The van der Waals surface area contributed by atoms with E-state index in [2.05, 4.69) is 0 Å². The first-order chi connectivity index (χ1) is 19.6.